The maximum absolute atomic E-state index is 8.56. The first kappa shape index (κ1) is 8.54. The minimum atomic E-state index is 0.339. The lowest BCUT2D eigenvalue weighted by Gasteiger charge is -2.07. The summed E-state index contributed by atoms with van der Waals surface area (Å²) in [5, 5.41) is 11.7. The van der Waals surface area contributed by atoms with Gasteiger partial charge in [-0.1, -0.05) is 6.07 Å². The van der Waals surface area contributed by atoms with E-state index in [4.69, 9.17) is 5.26 Å². The van der Waals surface area contributed by atoms with Crippen molar-refractivity contribution in [3.05, 3.63) is 23.9 Å². The average molecular weight is 161 g/mol. The number of hydrogen-bond donors (Lipinski definition) is 1. The smallest absolute Gasteiger partial charge is 0.142 e. The van der Waals surface area contributed by atoms with Gasteiger partial charge in [0, 0.05) is 6.04 Å². The highest BCUT2D eigenvalue weighted by Gasteiger charge is 1.97. The van der Waals surface area contributed by atoms with E-state index in [0.29, 0.717) is 11.7 Å². The molecule has 1 heterocycles. The second kappa shape index (κ2) is 3.72. The van der Waals surface area contributed by atoms with Crippen LogP contribution in [0.3, 0.4) is 0 Å². The fraction of sp³-hybridized carbons (Fsp3) is 0.333. The number of nitrogens with one attached hydrogen (secondary N) is 1. The Morgan fingerprint density at radius 3 is 2.83 bits per heavy atom. The molecule has 12 heavy (non-hydrogen) atoms. The molecule has 0 aliphatic heterocycles. The van der Waals surface area contributed by atoms with E-state index in [0.717, 1.165) is 5.82 Å². The van der Waals surface area contributed by atoms with Crippen LogP contribution in [0.15, 0.2) is 18.2 Å². The van der Waals surface area contributed by atoms with Crippen LogP contribution in [0.2, 0.25) is 0 Å². The molecule has 0 radical (unpaired) electrons. The van der Waals surface area contributed by atoms with Gasteiger partial charge in [-0.3, -0.25) is 0 Å². The number of rotatable bonds is 2. The van der Waals surface area contributed by atoms with Crippen molar-refractivity contribution in [2.24, 2.45) is 0 Å². The van der Waals surface area contributed by atoms with Gasteiger partial charge in [-0.2, -0.15) is 5.26 Å². The van der Waals surface area contributed by atoms with Gasteiger partial charge in [-0.05, 0) is 26.0 Å². The summed E-state index contributed by atoms with van der Waals surface area (Å²) in [4.78, 5) is 4.06. The maximum Gasteiger partial charge on any atom is 0.142 e. The van der Waals surface area contributed by atoms with E-state index in [1.807, 2.05) is 32.0 Å². The molecule has 1 aromatic heterocycles. The third-order valence-electron chi connectivity index (χ3n) is 1.30. The molecule has 0 atom stereocenters. The highest BCUT2D eigenvalue weighted by molar-refractivity contribution is 5.38. The summed E-state index contributed by atoms with van der Waals surface area (Å²) in [5.41, 5.74) is 0.445. The van der Waals surface area contributed by atoms with Gasteiger partial charge >= 0.3 is 0 Å². The van der Waals surface area contributed by atoms with E-state index >= 15 is 0 Å². The minimum Gasteiger partial charge on any atom is -0.368 e. The Bertz CT molecular complexity index is 299. The van der Waals surface area contributed by atoms with Gasteiger partial charge in [0.2, 0.25) is 0 Å². The van der Waals surface area contributed by atoms with E-state index < -0.39 is 0 Å². The lowest BCUT2D eigenvalue weighted by atomic mass is 10.3. The molecule has 0 bridgehead atoms. The summed E-state index contributed by atoms with van der Waals surface area (Å²) in [6.07, 6.45) is 0. The lowest BCUT2D eigenvalue weighted by Crippen LogP contribution is -2.10. The molecule has 0 aliphatic rings. The Hall–Kier alpha value is -1.56. The molecule has 0 unspecified atom stereocenters. The molecule has 0 saturated carbocycles. The van der Waals surface area contributed by atoms with Gasteiger partial charge in [-0.25, -0.2) is 4.98 Å². The Balaban J connectivity index is 2.81. The second-order valence-corrected chi connectivity index (χ2v) is 2.82. The van der Waals surface area contributed by atoms with Gasteiger partial charge in [0.25, 0.3) is 0 Å². The first-order valence-corrected chi connectivity index (χ1v) is 3.86. The fourth-order valence-corrected chi connectivity index (χ4v) is 0.873. The minimum absolute atomic E-state index is 0.339. The van der Waals surface area contributed by atoms with Crippen LogP contribution >= 0.6 is 0 Å². The maximum atomic E-state index is 8.56. The summed E-state index contributed by atoms with van der Waals surface area (Å²) >= 11 is 0. The van der Waals surface area contributed by atoms with Crippen LogP contribution in [-0.2, 0) is 0 Å². The highest BCUT2D eigenvalue weighted by atomic mass is 15.0. The third-order valence-corrected chi connectivity index (χ3v) is 1.30. The van der Waals surface area contributed by atoms with Crippen molar-refractivity contribution in [3.8, 4) is 6.07 Å². The molecule has 62 valence electrons. The summed E-state index contributed by atoms with van der Waals surface area (Å²) in [6, 6.07) is 7.68. The van der Waals surface area contributed by atoms with Crippen LogP contribution in [0.1, 0.15) is 19.5 Å². The van der Waals surface area contributed by atoms with Crippen molar-refractivity contribution in [2.45, 2.75) is 19.9 Å². The van der Waals surface area contributed by atoms with Crippen molar-refractivity contribution in [2.75, 3.05) is 5.32 Å². The Morgan fingerprint density at radius 1 is 1.50 bits per heavy atom. The van der Waals surface area contributed by atoms with E-state index in [9.17, 15) is 0 Å². The predicted molar refractivity (Wildman–Crippen MR) is 47.7 cm³/mol. The molecular formula is C9H11N3. The first-order valence-electron chi connectivity index (χ1n) is 3.86. The van der Waals surface area contributed by atoms with Crippen molar-refractivity contribution in [1.29, 1.82) is 5.26 Å². The molecule has 0 aliphatic carbocycles. The van der Waals surface area contributed by atoms with Crippen LogP contribution in [0.4, 0.5) is 5.82 Å². The zero-order chi connectivity index (χ0) is 8.97. The largest absolute Gasteiger partial charge is 0.368 e. The Morgan fingerprint density at radius 2 is 2.25 bits per heavy atom. The molecule has 1 rings (SSSR count). The van der Waals surface area contributed by atoms with Gasteiger partial charge in [-0.15, -0.1) is 0 Å². The fourth-order valence-electron chi connectivity index (χ4n) is 0.873. The average Bonchev–Trinajstić information content (AvgIpc) is 2.03. The molecule has 3 nitrogen and oxygen atoms in total. The molecular weight excluding hydrogens is 150 g/mol. The quantitative estimate of drug-likeness (QED) is 0.719. The van der Waals surface area contributed by atoms with E-state index in [-0.39, 0.29) is 0 Å². The summed E-state index contributed by atoms with van der Waals surface area (Å²) in [5.74, 6) is 0.754. The van der Waals surface area contributed by atoms with E-state index in [1.165, 1.54) is 0 Å². The topological polar surface area (TPSA) is 48.7 Å². The number of nitriles is 1. The predicted octanol–water partition coefficient (Wildman–Crippen LogP) is 1.77. The molecule has 0 fully saturated rings. The molecule has 0 aromatic carbocycles. The lowest BCUT2D eigenvalue weighted by molar-refractivity contribution is 0.888. The van der Waals surface area contributed by atoms with Crippen molar-refractivity contribution < 1.29 is 0 Å². The Labute approximate surface area is 72.1 Å². The normalized spacial score (nSPS) is 9.50. The second-order valence-electron chi connectivity index (χ2n) is 2.82. The molecule has 1 N–H and O–H groups in total. The van der Waals surface area contributed by atoms with Crippen molar-refractivity contribution in [3.63, 3.8) is 0 Å². The van der Waals surface area contributed by atoms with Gasteiger partial charge < -0.3 is 5.32 Å². The van der Waals surface area contributed by atoms with Gasteiger partial charge in [0.05, 0.1) is 0 Å². The van der Waals surface area contributed by atoms with Crippen molar-refractivity contribution >= 4 is 5.82 Å². The molecule has 0 spiro atoms. The first-order chi connectivity index (χ1) is 5.72. The molecule has 0 amide bonds. The molecule has 1 aromatic rings. The monoisotopic (exact) mass is 161 g/mol. The van der Waals surface area contributed by atoms with Gasteiger partial charge in [0.15, 0.2) is 0 Å². The number of nitrogens with zero attached hydrogens (tertiary/aromatic N) is 2. The zero-order valence-corrected chi connectivity index (χ0v) is 7.20. The number of aromatic nitrogens is 1. The summed E-state index contributed by atoms with van der Waals surface area (Å²) in [7, 11) is 0. The summed E-state index contributed by atoms with van der Waals surface area (Å²) < 4.78 is 0. The third kappa shape index (κ3) is 2.24. The van der Waals surface area contributed by atoms with E-state index in [1.54, 1.807) is 6.07 Å². The van der Waals surface area contributed by atoms with Crippen LogP contribution in [0, 0.1) is 11.3 Å². The van der Waals surface area contributed by atoms with Gasteiger partial charge in [0.1, 0.15) is 17.6 Å². The standard InChI is InChI=1S/C9H11N3/c1-7(2)11-9-5-3-4-8(6-10)12-9/h3-5,7H,1-2H3,(H,11,12). The van der Waals surface area contributed by atoms with Crippen LogP contribution in [0.25, 0.3) is 0 Å². The Kier molecular flexibility index (Phi) is 2.65. The van der Waals surface area contributed by atoms with Crippen LogP contribution < -0.4 is 5.32 Å². The van der Waals surface area contributed by atoms with Crippen molar-refractivity contribution in [1.82, 2.24) is 4.98 Å². The number of hydrogen-bond acceptors (Lipinski definition) is 3. The SMILES string of the molecule is CC(C)Nc1cccc(C#N)n1. The summed E-state index contributed by atoms with van der Waals surface area (Å²) in [6.45, 7) is 4.06. The highest BCUT2D eigenvalue weighted by Crippen LogP contribution is 2.04. The number of anilines is 1. The van der Waals surface area contributed by atoms with Crippen LogP contribution in [0.5, 0.6) is 0 Å². The zero-order valence-electron chi connectivity index (χ0n) is 7.20. The number of pyridine rings is 1. The molecule has 3 heteroatoms. The molecule has 0 saturated heterocycles. The van der Waals surface area contributed by atoms with Crippen LogP contribution in [-0.4, -0.2) is 11.0 Å². The van der Waals surface area contributed by atoms with E-state index in [2.05, 4.69) is 10.3 Å².